The zero-order valence-corrected chi connectivity index (χ0v) is 12.9. The third-order valence-corrected chi connectivity index (χ3v) is 4.62. The number of β-amino-alcohol motifs (C(OH)–C–C–N with tert-alkyl or cyclic N) is 1. The molecule has 126 valence electrons. The summed E-state index contributed by atoms with van der Waals surface area (Å²) >= 11 is 0. The van der Waals surface area contributed by atoms with Gasteiger partial charge in [0.15, 0.2) is 0 Å². The largest absolute Gasteiger partial charge is 0.391 e. The molecule has 4 nitrogen and oxygen atoms in total. The van der Waals surface area contributed by atoms with Crippen LogP contribution in [0.15, 0.2) is 18.2 Å². The highest BCUT2D eigenvalue weighted by Gasteiger charge is 2.36. The van der Waals surface area contributed by atoms with Crippen LogP contribution in [0.4, 0.5) is 8.78 Å². The maximum atomic E-state index is 14.0. The lowest BCUT2D eigenvalue weighted by Gasteiger charge is -2.25. The van der Waals surface area contributed by atoms with Gasteiger partial charge in [0.2, 0.25) is 5.91 Å². The van der Waals surface area contributed by atoms with Crippen molar-refractivity contribution < 1.29 is 23.4 Å². The Labute approximate surface area is 134 Å². The Morgan fingerprint density at radius 3 is 2.96 bits per heavy atom. The molecule has 0 radical (unpaired) electrons. The predicted molar refractivity (Wildman–Crippen MR) is 79.6 cm³/mol. The molecule has 2 saturated heterocycles. The minimum absolute atomic E-state index is 0.107. The molecule has 3 atom stereocenters. The Kier molecular flexibility index (Phi) is 4.92. The van der Waals surface area contributed by atoms with Crippen LogP contribution in [0.25, 0.3) is 0 Å². The normalized spacial score (nSPS) is 27.6. The summed E-state index contributed by atoms with van der Waals surface area (Å²) in [5.41, 5.74) is 0.131. The van der Waals surface area contributed by atoms with E-state index < -0.39 is 23.8 Å². The molecule has 0 aromatic heterocycles. The van der Waals surface area contributed by atoms with E-state index in [0.29, 0.717) is 12.8 Å². The third kappa shape index (κ3) is 3.70. The summed E-state index contributed by atoms with van der Waals surface area (Å²) in [6, 6.07) is 2.61. The molecule has 0 spiro atoms. The van der Waals surface area contributed by atoms with E-state index in [4.69, 9.17) is 4.74 Å². The number of nitrogens with zero attached hydrogens (tertiary/aromatic N) is 1. The van der Waals surface area contributed by atoms with Crippen LogP contribution in [0, 0.1) is 11.6 Å². The number of ether oxygens (including phenoxy) is 1. The second-order valence-electron chi connectivity index (χ2n) is 6.29. The Morgan fingerprint density at radius 2 is 2.22 bits per heavy atom. The van der Waals surface area contributed by atoms with Gasteiger partial charge in [-0.25, -0.2) is 8.78 Å². The number of likely N-dealkylation sites (tertiary alicyclic amines) is 1. The number of amides is 1. The van der Waals surface area contributed by atoms with Crippen LogP contribution in [-0.4, -0.2) is 41.3 Å². The summed E-state index contributed by atoms with van der Waals surface area (Å²) in [7, 11) is 0. The number of halogens is 2. The standard InChI is InChI=1S/C17H21F2NO3/c18-11-3-5-15(19)14(8-11)16-9-12(21)10-20(16)17(22)6-4-13-2-1-7-23-13/h3,5,8,12-13,16,21H,1-2,4,6-7,9-10H2/t12-,13+,16+/m1/s1. The third-order valence-electron chi connectivity index (χ3n) is 4.62. The van der Waals surface area contributed by atoms with E-state index in [1.165, 1.54) is 4.90 Å². The van der Waals surface area contributed by atoms with Gasteiger partial charge in [0.05, 0.1) is 18.2 Å². The Bertz CT molecular complexity index is 575. The van der Waals surface area contributed by atoms with E-state index in [0.717, 1.165) is 37.6 Å². The van der Waals surface area contributed by atoms with Gasteiger partial charge >= 0.3 is 0 Å². The number of carbonyl (C=O) groups excluding carboxylic acids is 1. The molecule has 23 heavy (non-hydrogen) atoms. The molecule has 6 heteroatoms. The molecule has 2 aliphatic rings. The van der Waals surface area contributed by atoms with Crippen molar-refractivity contribution in [1.82, 2.24) is 4.90 Å². The summed E-state index contributed by atoms with van der Waals surface area (Å²) < 4.78 is 32.9. The molecule has 0 saturated carbocycles. The van der Waals surface area contributed by atoms with E-state index in [1.54, 1.807) is 0 Å². The van der Waals surface area contributed by atoms with Crippen LogP contribution in [-0.2, 0) is 9.53 Å². The Balaban J connectivity index is 1.71. The van der Waals surface area contributed by atoms with Gasteiger partial charge in [0, 0.05) is 25.1 Å². The fourth-order valence-corrected chi connectivity index (χ4v) is 3.45. The van der Waals surface area contributed by atoms with Crippen LogP contribution in [0.5, 0.6) is 0 Å². The second kappa shape index (κ2) is 6.93. The van der Waals surface area contributed by atoms with Crippen molar-refractivity contribution in [3.63, 3.8) is 0 Å². The lowest BCUT2D eigenvalue weighted by Crippen LogP contribution is -2.32. The van der Waals surface area contributed by atoms with E-state index in [9.17, 15) is 18.7 Å². The van der Waals surface area contributed by atoms with Crippen molar-refractivity contribution in [2.75, 3.05) is 13.2 Å². The van der Waals surface area contributed by atoms with E-state index in [-0.39, 0.29) is 30.5 Å². The number of rotatable bonds is 4. The van der Waals surface area contributed by atoms with Gasteiger partial charge in [-0.1, -0.05) is 0 Å². The van der Waals surface area contributed by atoms with Crippen LogP contribution in [0.2, 0.25) is 0 Å². The van der Waals surface area contributed by atoms with Crippen molar-refractivity contribution in [3.05, 3.63) is 35.4 Å². The number of aliphatic hydroxyl groups is 1. The smallest absolute Gasteiger partial charge is 0.223 e. The molecular weight excluding hydrogens is 304 g/mol. The van der Waals surface area contributed by atoms with Crippen LogP contribution in [0.1, 0.15) is 43.7 Å². The highest BCUT2D eigenvalue weighted by atomic mass is 19.1. The van der Waals surface area contributed by atoms with Gasteiger partial charge in [-0.15, -0.1) is 0 Å². The molecule has 1 aromatic rings. The number of carbonyl (C=O) groups is 1. The van der Waals surface area contributed by atoms with Crippen molar-refractivity contribution in [1.29, 1.82) is 0 Å². The van der Waals surface area contributed by atoms with Crippen molar-refractivity contribution >= 4 is 5.91 Å². The average molecular weight is 325 g/mol. The molecule has 0 bridgehead atoms. The number of benzene rings is 1. The molecule has 2 aliphatic heterocycles. The lowest BCUT2D eigenvalue weighted by molar-refractivity contribution is -0.133. The van der Waals surface area contributed by atoms with Gasteiger partial charge in [0.1, 0.15) is 11.6 Å². The van der Waals surface area contributed by atoms with Crippen molar-refractivity contribution in [3.8, 4) is 0 Å². The fraction of sp³-hybridized carbons (Fsp3) is 0.588. The fourth-order valence-electron chi connectivity index (χ4n) is 3.45. The van der Waals surface area contributed by atoms with Gasteiger partial charge < -0.3 is 14.7 Å². The first-order chi connectivity index (χ1) is 11.0. The first-order valence-electron chi connectivity index (χ1n) is 8.08. The molecule has 1 amide bonds. The topological polar surface area (TPSA) is 49.8 Å². The monoisotopic (exact) mass is 325 g/mol. The van der Waals surface area contributed by atoms with Crippen molar-refractivity contribution in [2.24, 2.45) is 0 Å². The molecule has 1 N–H and O–H groups in total. The Morgan fingerprint density at radius 1 is 1.39 bits per heavy atom. The quantitative estimate of drug-likeness (QED) is 0.925. The highest BCUT2D eigenvalue weighted by Crippen LogP contribution is 2.35. The molecular formula is C17H21F2NO3. The van der Waals surface area contributed by atoms with Crippen LogP contribution < -0.4 is 0 Å². The summed E-state index contributed by atoms with van der Waals surface area (Å²) in [6.45, 7) is 0.892. The number of hydrogen-bond donors (Lipinski definition) is 1. The molecule has 1 aromatic carbocycles. The maximum absolute atomic E-state index is 14.0. The summed E-state index contributed by atoms with van der Waals surface area (Å²) in [4.78, 5) is 13.9. The number of aliphatic hydroxyl groups excluding tert-OH is 1. The maximum Gasteiger partial charge on any atom is 0.223 e. The van der Waals surface area contributed by atoms with Crippen molar-refractivity contribution in [2.45, 2.75) is 50.4 Å². The predicted octanol–water partition coefficient (Wildman–Crippen LogP) is 2.56. The Hall–Kier alpha value is -1.53. The first kappa shape index (κ1) is 16.3. The molecule has 0 unspecified atom stereocenters. The molecule has 3 rings (SSSR count). The van der Waals surface area contributed by atoms with Gasteiger partial charge in [-0.2, -0.15) is 0 Å². The van der Waals surface area contributed by atoms with Crippen LogP contribution >= 0.6 is 0 Å². The summed E-state index contributed by atoms with van der Waals surface area (Å²) in [5.74, 6) is -1.25. The molecule has 0 aliphatic carbocycles. The van der Waals surface area contributed by atoms with E-state index in [1.807, 2.05) is 0 Å². The molecule has 2 fully saturated rings. The van der Waals surface area contributed by atoms with Gasteiger partial charge in [-0.05, 0) is 43.9 Å². The highest BCUT2D eigenvalue weighted by molar-refractivity contribution is 5.77. The minimum atomic E-state index is -0.714. The summed E-state index contributed by atoms with van der Waals surface area (Å²) in [5, 5.41) is 9.89. The second-order valence-corrected chi connectivity index (χ2v) is 6.29. The average Bonchev–Trinajstić information content (AvgIpc) is 3.16. The van der Waals surface area contributed by atoms with E-state index in [2.05, 4.69) is 0 Å². The molecule has 2 heterocycles. The SMILES string of the molecule is O=C(CC[C@@H]1CCCO1)N1C[C@H](O)C[C@H]1c1cc(F)ccc1F. The van der Waals surface area contributed by atoms with Crippen LogP contribution in [0.3, 0.4) is 0 Å². The first-order valence-corrected chi connectivity index (χ1v) is 8.08. The number of hydrogen-bond acceptors (Lipinski definition) is 3. The lowest BCUT2D eigenvalue weighted by atomic mass is 10.0. The zero-order valence-electron chi connectivity index (χ0n) is 12.9. The zero-order chi connectivity index (χ0) is 16.4. The van der Waals surface area contributed by atoms with E-state index >= 15 is 0 Å². The summed E-state index contributed by atoms with van der Waals surface area (Å²) in [6.07, 6.45) is 2.52. The van der Waals surface area contributed by atoms with Gasteiger partial charge in [0.25, 0.3) is 0 Å². The minimum Gasteiger partial charge on any atom is -0.391 e. The van der Waals surface area contributed by atoms with Gasteiger partial charge in [-0.3, -0.25) is 4.79 Å².